The second-order valence-electron chi connectivity index (χ2n) is 5.40. The fraction of sp³-hybridized carbons (Fsp3) is 0.875. The van der Waals surface area contributed by atoms with Gasteiger partial charge in [-0.15, -0.1) is 0 Å². The van der Waals surface area contributed by atoms with Gasteiger partial charge in [0.05, 0.1) is 26.4 Å². The van der Waals surface area contributed by atoms with Crippen LogP contribution in [-0.4, -0.2) is 51.3 Å². The molecule has 130 valence electrons. The van der Waals surface area contributed by atoms with Crippen LogP contribution >= 0.6 is 0 Å². The van der Waals surface area contributed by atoms with Gasteiger partial charge in [-0.25, -0.2) is 0 Å². The molecule has 6 nitrogen and oxygen atoms in total. The second-order valence-corrected chi connectivity index (χ2v) is 5.40. The van der Waals surface area contributed by atoms with Crippen LogP contribution in [0.5, 0.6) is 0 Å². The molecule has 0 aliphatic carbocycles. The van der Waals surface area contributed by atoms with Gasteiger partial charge < -0.3 is 20.1 Å². The zero-order valence-electron chi connectivity index (χ0n) is 14.3. The average molecular weight is 316 g/mol. The van der Waals surface area contributed by atoms with Gasteiger partial charge in [0, 0.05) is 25.9 Å². The first-order valence-electron chi connectivity index (χ1n) is 8.25. The molecule has 0 aliphatic heterocycles. The standard InChI is InChI=1S/C16H32N2O4/c1-4-5-6-7-14(2)16(20)18-9-11-22-13-12-21-10-8-17-15(3)19/h14H,4-13H2,1-3H3,(H,17,19)(H,18,20). The molecule has 0 spiro atoms. The third kappa shape index (κ3) is 13.8. The van der Waals surface area contributed by atoms with Crippen LogP contribution in [0.1, 0.15) is 46.5 Å². The minimum Gasteiger partial charge on any atom is -0.377 e. The lowest BCUT2D eigenvalue weighted by molar-refractivity contribution is -0.125. The van der Waals surface area contributed by atoms with Gasteiger partial charge in [0.1, 0.15) is 0 Å². The summed E-state index contributed by atoms with van der Waals surface area (Å²) >= 11 is 0. The maximum atomic E-state index is 11.8. The third-order valence-corrected chi connectivity index (χ3v) is 3.23. The topological polar surface area (TPSA) is 76.7 Å². The second kappa shape index (κ2) is 14.8. The smallest absolute Gasteiger partial charge is 0.222 e. The first-order valence-corrected chi connectivity index (χ1v) is 8.25. The molecular formula is C16H32N2O4. The van der Waals surface area contributed by atoms with Crippen molar-refractivity contribution in [3.8, 4) is 0 Å². The average Bonchev–Trinajstić information content (AvgIpc) is 2.48. The van der Waals surface area contributed by atoms with Crippen LogP contribution in [0.15, 0.2) is 0 Å². The van der Waals surface area contributed by atoms with E-state index in [9.17, 15) is 9.59 Å². The molecule has 0 aromatic heterocycles. The Hall–Kier alpha value is -1.14. The molecule has 1 unspecified atom stereocenters. The summed E-state index contributed by atoms with van der Waals surface area (Å²) in [7, 11) is 0. The quantitative estimate of drug-likeness (QED) is 0.476. The normalized spacial score (nSPS) is 12.0. The van der Waals surface area contributed by atoms with Crippen LogP contribution in [0, 0.1) is 5.92 Å². The summed E-state index contributed by atoms with van der Waals surface area (Å²) in [6.45, 7) is 8.59. The first-order chi connectivity index (χ1) is 10.6. The maximum Gasteiger partial charge on any atom is 0.222 e. The molecule has 0 bridgehead atoms. The number of hydrogen-bond donors (Lipinski definition) is 2. The van der Waals surface area contributed by atoms with Crippen molar-refractivity contribution in [2.45, 2.75) is 46.5 Å². The van der Waals surface area contributed by atoms with E-state index in [1.165, 1.54) is 19.8 Å². The molecule has 0 saturated heterocycles. The van der Waals surface area contributed by atoms with Gasteiger partial charge in [0.15, 0.2) is 0 Å². The fourth-order valence-corrected chi connectivity index (χ4v) is 1.87. The molecule has 0 aromatic rings. The van der Waals surface area contributed by atoms with Crippen molar-refractivity contribution in [2.75, 3.05) is 39.5 Å². The van der Waals surface area contributed by atoms with Crippen molar-refractivity contribution in [2.24, 2.45) is 5.92 Å². The number of carbonyl (C=O) groups is 2. The minimum absolute atomic E-state index is 0.0560. The van der Waals surface area contributed by atoms with Gasteiger partial charge >= 0.3 is 0 Å². The lowest BCUT2D eigenvalue weighted by Crippen LogP contribution is -2.32. The largest absolute Gasteiger partial charge is 0.377 e. The molecule has 2 N–H and O–H groups in total. The summed E-state index contributed by atoms with van der Waals surface area (Å²) in [6, 6.07) is 0. The van der Waals surface area contributed by atoms with E-state index >= 15 is 0 Å². The van der Waals surface area contributed by atoms with Gasteiger partial charge in [0.2, 0.25) is 11.8 Å². The summed E-state index contributed by atoms with van der Waals surface area (Å²) in [4.78, 5) is 22.4. The van der Waals surface area contributed by atoms with Crippen molar-refractivity contribution in [3.05, 3.63) is 0 Å². The Morgan fingerprint density at radius 1 is 0.955 bits per heavy atom. The van der Waals surface area contributed by atoms with Gasteiger partial charge in [-0.05, 0) is 6.42 Å². The molecule has 1 atom stereocenters. The number of ether oxygens (including phenoxy) is 2. The van der Waals surface area contributed by atoms with Crippen molar-refractivity contribution >= 4 is 11.8 Å². The van der Waals surface area contributed by atoms with E-state index < -0.39 is 0 Å². The number of rotatable bonds is 14. The van der Waals surface area contributed by atoms with Crippen LogP contribution in [0.2, 0.25) is 0 Å². The van der Waals surface area contributed by atoms with E-state index in [-0.39, 0.29) is 17.7 Å². The fourth-order valence-electron chi connectivity index (χ4n) is 1.87. The number of hydrogen-bond acceptors (Lipinski definition) is 4. The molecule has 0 saturated carbocycles. The van der Waals surface area contributed by atoms with Crippen molar-refractivity contribution in [3.63, 3.8) is 0 Å². The van der Waals surface area contributed by atoms with Crippen LogP contribution in [0.3, 0.4) is 0 Å². The molecule has 2 amide bonds. The number of amides is 2. The van der Waals surface area contributed by atoms with E-state index in [0.717, 1.165) is 12.8 Å². The summed E-state index contributed by atoms with van der Waals surface area (Å²) < 4.78 is 10.6. The highest BCUT2D eigenvalue weighted by atomic mass is 16.5. The van der Waals surface area contributed by atoms with Gasteiger partial charge in [-0.3, -0.25) is 9.59 Å². The van der Waals surface area contributed by atoms with E-state index in [1.54, 1.807) is 0 Å². The number of nitrogens with one attached hydrogen (secondary N) is 2. The molecule has 0 rings (SSSR count). The number of carbonyl (C=O) groups excluding carboxylic acids is 2. The molecule has 0 aliphatic rings. The Morgan fingerprint density at radius 3 is 2.09 bits per heavy atom. The highest BCUT2D eigenvalue weighted by Crippen LogP contribution is 2.08. The Morgan fingerprint density at radius 2 is 1.55 bits per heavy atom. The Kier molecular flexibility index (Phi) is 14.0. The third-order valence-electron chi connectivity index (χ3n) is 3.23. The van der Waals surface area contributed by atoms with Crippen LogP contribution in [0.4, 0.5) is 0 Å². The van der Waals surface area contributed by atoms with Crippen molar-refractivity contribution in [1.29, 1.82) is 0 Å². The summed E-state index contributed by atoms with van der Waals surface area (Å²) in [5, 5.41) is 5.53. The van der Waals surface area contributed by atoms with E-state index in [1.807, 2.05) is 6.92 Å². The Balaban J connectivity index is 3.31. The predicted molar refractivity (Wildman–Crippen MR) is 86.6 cm³/mol. The van der Waals surface area contributed by atoms with Gasteiger partial charge in [-0.1, -0.05) is 33.1 Å². The Labute approximate surface area is 134 Å². The molecule has 0 heterocycles. The lowest BCUT2D eigenvalue weighted by atomic mass is 10.0. The highest BCUT2D eigenvalue weighted by molar-refractivity contribution is 5.78. The highest BCUT2D eigenvalue weighted by Gasteiger charge is 2.11. The molecule has 0 radical (unpaired) electrons. The first kappa shape index (κ1) is 20.9. The summed E-state index contributed by atoms with van der Waals surface area (Å²) in [6.07, 6.45) is 4.41. The van der Waals surface area contributed by atoms with Crippen LogP contribution in [0.25, 0.3) is 0 Å². The molecule has 0 aromatic carbocycles. The predicted octanol–water partition coefficient (Wildman–Crippen LogP) is 1.49. The molecular weight excluding hydrogens is 284 g/mol. The zero-order chi connectivity index (χ0) is 16.6. The molecule has 22 heavy (non-hydrogen) atoms. The monoisotopic (exact) mass is 316 g/mol. The SMILES string of the molecule is CCCCCC(C)C(=O)NCCOCCOCCNC(C)=O. The van der Waals surface area contributed by atoms with E-state index in [2.05, 4.69) is 17.6 Å². The van der Waals surface area contributed by atoms with Crippen LogP contribution in [-0.2, 0) is 19.1 Å². The summed E-state index contributed by atoms with van der Waals surface area (Å²) in [5.41, 5.74) is 0. The maximum absolute atomic E-state index is 11.8. The van der Waals surface area contributed by atoms with Crippen LogP contribution < -0.4 is 10.6 Å². The molecule has 0 fully saturated rings. The van der Waals surface area contributed by atoms with Crippen molar-refractivity contribution < 1.29 is 19.1 Å². The lowest BCUT2D eigenvalue weighted by Gasteiger charge is -2.12. The zero-order valence-corrected chi connectivity index (χ0v) is 14.3. The van der Waals surface area contributed by atoms with E-state index in [4.69, 9.17) is 9.47 Å². The molecule has 6 heteroatoms. The number of unbranched alkanes of at least 4 members (excludes halogenated alkanes) is 2. The Bertz CT molecular complexity index is 298. The summed E-state index contributed by atoms with van der Waals surface area (Å²) in [5.74, 6) is 0.120. The van der Waals surface area contributed by atoms with Gasteiger partial charge in [-0.2, -0.15) is 0 Å². The van der Waals surface area contributed by atoms with Crippen molar-refractivity contribution in [1.82, 2.24) is 10.6 Å². The van der Waals surface area contributed by atoms with Gasteiger partial charge in [0.25, 0.3) is 0 Å². The minimum atomic E-state index is -0.0560. The van der Waals surface area contributed by atoms with E-state index in [0.29, 0.717) is 39.5 Å².